The van der Waals surface area contributed by atoms with E-state index in [0.29, 0.717) is 32.0 Å². The van der Waals surface area contributed by atoms with Crippen molar-refractivity contribution >= 4 is 11.8 Å². The van der Waals surface area contributed by atoms with Gasteiger partial charge in [-0.15, -0.1) is 0 Å². The predicted molar refractivity (Wildman–Crippen MR) is 146 cm³/mol. The van der Waals surface area contributed by atoms with E-state index in [2.05, 4.69) is 54.9 Å². The molecule has 3 aromatic rings. The highest BCUT2D eigenvalue weighted by molar-refractivity contribution is 5.89. The molecule has 0 saturated carbocycles. The maximum atomic E-state index is 13.9. The van der Waals surface area contributed by atoms with Crippen LogP contribution >= 0.6 is 0 Å². The van der Waals surface area contributed by atoms with E-state index < -0.39 is 0 Å². The van der Waals surface area contributed by atoms with E-state index in [9.17, 15) is 9.59 Å². The lowest BCUT2D eigenvalue weighted by Gasteiger charge is -2.39. The minimum Gasteiger partial charge on any atom is -0.383 e. The first-order valence-corrected chi connectivity index (χ1v) is 13.3. The average Bonchev–Trinajstić information content (AvgIpc) is 3.40. The van der Waals surface area contributed by atoms with Gasteiger partial charge in [0, 0.05) is 38.6 Å². The second-order valence-electron chi connectivity index (χ2n) is 10.1. The molecular formula is C31H39N3O3. The Morgan fingerprint density at radius 1 is 0.973 bits per heavy atom. The Hall–Kier alpha value is -3.38. The number of benzene rings is 2. The maximum absolute atomic E-state index is 13.9. The molecule has 2 unspecified atom stereocenters. The van der Waals surface area contributed by atoms with Gasteiger partial charge in [-0.3, -0.25) is 9.59 Å². The third kappa shape index (κ3) is 5.96. The molecule has 6 heteroatoms. The second kappa shape index (κ2) is 12.2. The Balaban J connectivity index is 1.60. The largest absolute Gasteiger partial charge is 0.383 e. The summed E-state index contributed by atoms with van der Waals surface area (Å²) in [5.74, 6) is 0.0809. The first-order chi connectivity index (χ1) is 17.9. The van der Waals surface area contributed by atoms with Crippen LogP contribution in [0.15, 0.2) is 72.9 Å². The van der Waals surface area contributed by atoms with Crippen LogP contribution in [0, 0.1) is 0 Å². The molecule has 0 fully saturated rings. The third-order valence-corrected chi connectivity index (χ3v) is 7.39. The molecule has 0 radical (unpaired) electrons. The quantitative estimate of drug-likeness (QED) is 0.383. The van der Waals surface area contributed by atoms with Crippen molar-refractivity contribution in [3.63, 3.8) is 0 Å². The van der Waals surface area contributed by atoms with Gasteiger partial charge >= 0.3 is 0 Å². The summed E-state index contributed by atoms with van der Waals surface area (Å²) in [7, 11) is 1.62. The summed E-state index contributed by atoms with van der Waals surface area (Å²) in [6, 6.07) is 22.4. The summed E-state index contributed by atoms with van der Waals surface area (Å²) < 4.78 is 7.53. The molecule has 0 N–H and O–H groups in total. The third-order valence-electron chi connectivity index (χ3n) is 7.39. The fraction of sp³-hybridized carbons (Fsp3) is 0.419. The van der Waals surface area contributed by atoms with Crippen LogP contribution < -0.4 is 0 Å². The maximum Gasteiger partial charge on any atom is 0.243 e. The average molecular weight is 502 g/mol. The molecule has 1 aliphatic rings. The molecule has 0 saturated heterocycles. The van der Waals surface area contributed by atoms with Gasteiger partial charge in [-0.05, 0) is 41.2 Å². The number of amides is 2. The van der Waals surface area contributed by atoms with Gasteiger partial charge in [0.2, 0.25) is 11.8 Å². The van der Waals surface area contributed by atoms with Crippen molar-refractivity contribution in [3.05, 3.63) is 95.3 Å². The van der Waals surface area contributed by atoms with Gasteiger partial charge in [0.1, 0.15) is 0 Å². The van der Waals surface area contributed by atoms with Gasteiger partial charge in [0.25, 0.3) is 0 Å². The van der Waals surface area contributed by atoms with Crippen molar-refractivity contribution in [2.24, 2.45) is 0 Å². The first kappa shape index (κ1) is 26.7. The molecule has 1 aromatic heterocycles. The molecule has 4 rings (SSSR count). The molecule has 6 nitrogen and oxygen atoms in total. The van der Waals surface area contributed by atoms with Gasteiger partial charge in [-0.25, -0.2) is 0 Å². The SMILES string of the molecule is CCC(C(=O)N(CCOC)CC(=O)N1CCn2cccc2C1c1ccc(C(C)C)cc1)c1ccccc1. The zero-order valence-corrected chi connectivity index (χ0v) is 22.5. The van der Waals surface area contributed by atoms with Crippen molar-refractivity contribution in [1.82, 2.24) is 14.4 Å². The lowest BCUT2D eigenvalue weighted by molar-refractivity contribution is -0.143. The van der Waals surface area contributed by atoms with Gasteiger partial charge in [-0.2, -0.15) is 0 Å². The minimum absolute atomic E-state index is 0.0303. The summed E-state index contributed by atoms with van der Waals surface area (Å²) in [6.45, 7) is 8.51. The highest BCUT2D eigenvalue weighted by Crippen LogP contribution is 2.33. The number of carbonyl (C=O) groups is 2. The van der Waals surface area contributed by atoms with E-state index in [4.69, 9.17) is 4.74 Å². The number of ether oxygens (including phenoxy) is 1. The summed E-state index contributed by atoms with van der Waals surface area (Å²) in [5, 5.41) is 0. The molecule has 2 atom stereocenters. The second-order valence-corrected chi connectivity index (χ2v) is 10.1. The number of hydrogen-bond donors (Lipinski definition) is 0. The summed E-state index contributed by atoms with van der Waals surface area (Å²) in [5.41, 5.74) is 4.43. The topological polar surface area (TPSA) is 54.8 Å². The monoisotopic (exact) mass is 501 g/mol. The van der Waals surface area contributed by atoms with Crippen LogP contribution in [-0.4, -0.2) is 59.5 Å². The van der Waals surface area contributed by atoms with Crippen molar-refractivity contribution in [1.29, 1.82) is 0 Å². The molecule has 0 aliphatic carbocycles. The Morgan fingerprint density at radius 2 is 1.70 bits per heavy atom. The Kier molecular flexibility index (Phi) is 8.82. The van der Waals surface area contributed by atoms with Crippen molar-refractivity contribution < 1.29 is 14.3 Å². The number of carbonyl (C=O) groups excluding carboxylic acids is 2. The van der Waals surface area contributed by atoms with E-state index in [1.54, 1.807) is 12.0 Å². The lowest BCUT2D eigenvalue weighted by Crippen LogP contribution is -2.49. The van der Waals surface area contributed by atoms with Crippen LogP contribution in [0.25, 0.3) is 0 Å². The van der Waals surface area contributed by atoms with Crippen molar-refractivity contribution in [2.45, 2.75) is 51.6 Å². The summed E-state index contributed by atoms with van der Waals surface area (Å²) >= 11 is 0. The smallest absolute Gasteiger partial charge is 0.243 e. The molecule has 2 aromatic carbocycles. The molecule has 37 heavy (non-hydrogen) atoms. The van der Waals surface area contributed by atoms with E-state index in [-0.39, 0.29) is 30.3 Å². The molecule has 0 spiro atoms. The molecule has 0 bridgehead atoms. The standard InChI is InChI=1S/C31H39N3O3/c1-5-27(25-10-7-6-8-11-25)31(36)33(20-21-37-4)22-29(35)34-19-18-32-17-9-12-28(32)30(34)26-15-13-24(14-16-26)23(2)3/h6-17,23,27,30H,5,18-22H2,1-4H3. The Morgan fingerprint density at radius 3 is 2.35 bits per heavy atom. The lowest BCUT2D eigenvalue weighted by atomic mass is 9.94. The number of rotatable bonds is 10. The van der Waals surface area contributed by atoms with Gasteiger partial charge in [0.15, 0.2) is 0 Å². The molecular weight excluding hydrogens is 462 g/mol. The van der Waals surface area contributed by atoms with E-state index in [0.717, 1.165) is 23.4 Å². The van der Waals surface area contributed by atoms with E-state index in [1.807, 2.05) is 48.2 Å². The van der Waals surface area contributed by atoms with Crippen LogP contribution in [0.3, 0.4) is 0 Å². The van der Waals surface area contributed by atoms with Crippen LogP contribution in [0.2, 0.25) is 0 Å². The highest BCUT2D eigenvalue weighted by atomic mass is 16.5. The summed E-state index contributed by atoms with van der Waals surface area (Å²) in [4.78, 5) is 31.2. The number of hydrogen-bond acceptors (Lipinski definition) is 3. The predicted octanol–water partition coefficient (Wildman–Crippen LogP) is 5.21. The molecule has 196 valence electrons. The van der Waals surface area contributed by atoms with Crippen LogP contribution in [0.1, 0.15) is 67.5 Å². The molecule has 1 aliphatic heterocycles. The van der Waals surface area contributed by atoms with Crippen molar-refractivity contribution in [3.8, 4) is 0 Å². The van der Waals surface area contributed by atoms with Crippen molar-refractivity contribution in [2.75, 3.05) is 33.4 Å². The number of methoxy groups -OCH3 is 1. The first-order valence-electron chi connectivity index (χ1n) is 13.3. The normalized spacial score (nSPS) is 15.9. The minimum atomic E-state index is -0.288. The fourth-order valence-corrected chi connectivity index (χ4v) is 5.25. The van der Waals surface area contributed by atoms with Crippen LogP contribution in [0.5, 0.6) is 0 Å². The number of aromatic nitrogens is 1. The Labute approximate surface area is 220 Å². The van der Waals surface area contributed by atoms with Gasteiger partial charge < -0.3 is 19.1 Å². The van der Waals surface area contributed by atoms with E-state index in [1.165, 1.54) is 5.56 Å². The van der Waals surface area contributed by atoms with E-state index >= 15 is 0 Å². The zero-order chi connectivity index (χ0) is 26.4. The number of nitrogens with zero attached hydrogens (tertiary/aromatic N) is 3. The summed E-state index contributed by atoms with van der Waals surface area (Å²) in [6.07, 6.45) is 2.75. The fourth-order valence-electron chi connectivity index (χ4n) is 5.25. The molecule has 2 amide bonds. The van der Waals surface area contributed by atoms with Gasteiger partial charge in [-0.1, -0.05) is 75.4 Å². The van der Waals surface area contributed by atoms with Crippen LogP contribution in [0.4, 0.5) is 0 Å². The molecule has 2 heterocycles. The zero-order valence-electron chi connectivity index (χ0n) is 22.5. The highest BCUT2D eigenvalue weighted by Gasteiger charge is 2.34. The van der Waals surface area contributed by atoms with Crippen LogP contribution in [-0.2, 0) is 20.9 Å². The van der Waals surface area contributed by atoms with Gasteiger partial charge in [0.05, 0.1) is 25.1 Å². The Bertz CT molecular complexity index is 1170. The number of fused-ring (bicyclic) bond motifs is 1.